The van der Waals surface area contributed by atoms with Crippen LogP contribution >= 0.6 is 0 Å². The second-order valence-corrected chi connectivity index (χ2v) is 6.14. The van der Waals surface area contributed by atoms with Crippen molar-refractivity contribution in [3.63, 3.8) is 0 Å². The minimum atomic E-state index is -3.66. The summed E-state index contributed by atoms with van der Waals surface area (Å²) in [4.78, 5) is 0.145. The SMILES string of the molecule is COc1cccc(S(=O)(=O)Nc2ccc3cn[nH]c3c2)c1. The molecule has 0 bridgehead atoms. The Kier molecular flexibility index (Phi) is 3.26. The first-order valence-electron chi connectivity index (χ1n) is 6.18. The molecule has 0 atom stereocenters. The Balaban J connectivity index is 1.94. The van der Waals surface area contributed by atoms with E-state index in [1.54, 1.807) is 36.5 Å². The summed E-state index contributed by atoms with van der Waals surface area (Å²) >= 11 is 0. The van der Waals surface area contributed by atoms with Crippen molar-refractivity contribution < 1.29 is 13.2 Å². The van der Waals surface area contributed by atoms with Gasteiger partial charge in [0, 0.05) is 11.5 Å². The zero-order valence-electron chi connectivity index (χ0n) is 11.2. The Morgan fingerprint density at radius 2 is 2.05 bits per heavy atom. The first kappa shape index (κ1) is 13.4. The lowest BCUT2D eigenvalue weighted by Crippen LogP contribution is -2.12. The molecule has 0 saturated carbocycles. The molecule has 7 heteroatoms. The Morgan fingerprint density at radius 1 is 1.19 bits per heavy atom. The fourth-order valence-electron chi connectivity index (χ4n) is 1.98. The van der Waals surface area contributed by atoms with E-state index in [4.69, 9.17) is 4.74 Å². The number of nitrogens with zero attached hydrogens (tertiary/aromatic N) is 1. The van der Waals surface area contributed by atoms with Crippen LogP contribution in [0.15, 0.2) is 53.6 Å². The van der Waals surface area contributed by atoms with Crippen LogP contribution in [-0.2, 0) is 10.0 Å². The number of anilines is 1. The monoisotopic (exact) mass is 303 g/mol. The number of hydrogen-bond acceptors (Lipinski definition) is 4. The van der Waals surface area contributed by atoms with Gasteiger partial charge in [0.25, 0.3) is 10.0 Å². The van der Waals surface area contributed by atoms with Crippen LogP contribution in [0.5, 0.6) is 5.75 Å². The summed E-state index contributed by atoms with van der Waals surface area (Å²) in [6.07, 6.45) is 1.68. The van der Waals surface area contributed by atoms with Crippen molar-refractivity contribution in [2.45, 2.75) is 4.90 Å². The highest BCUT2D eigenvalue weighted by Crippen LogP contribution is 2.22. The third-order valence-electron chi connectivity index (χ3n) is 3.05. The number of hydrogen-bond donors (Lipinski definition) is 2. The molecule has 21 heavy (non-hydrogen) atoms. The van der Waals surface area contributed by atoms with Crippen LogP contribution in [0.1, 0.15) is 0 Å². The Bertz CT molecular complexity index is 887. The predicted molar refractivity (Wildman–Crippen MR) is 79.9 cm³/mol. The molecule has 0 aliphatic rings. The van der Waals surface area contributed by atoms with Gasteiger partial charge in [-0.15, -0.1) is 0 Å². The van der Waals surface area contributed by atoms with Gasteiger partial charge in [0.15, 0.2) is 0 Å². The normalized spacial score (nSPS) is 11.5. The molecule has 1 aromatic heterocycles. The molecule has 0 radical (unpaired) electrons. The number of H-pyrrole nitrogens is 1. The number of ether oxygens (including phenoxy) is 1. The fourth-order valence-corrected chi connectivity index (χ4v) is 3.07. The summed E-state index contributed by atoms with van der Waals surface area (Å²) in [5.74, 6) is 0.488. The first-order valence-corrected chi connectivity index (χ1v) is 7.67. The molecule has 6 nitrogen and oxygen atoms in total. The van der Waals surface area contributed by atoms with Crippen LogP contribution in [-0.4, -0.2) is 25.7 Å². The third kappa shape index (κ3) is 2.68. The average Bonchev–Trinajstić information content (AvgIpc) is 2.94. The summed E-state index contributed by atoms with van der Waals surface area (Å²) in [6.45, 7) is 0. The van der Waals surface area contributed by atoms with Gasteiger partial charge in [0.1, 0.15) is 5.75 Å². The number of methoxy groups -OCH3 is 1. The predicted octanol–water partition coefficient (Wildman–Crippen LogP) is 2.37. The van der Waals surface area contributed by atoms with E-state index in [1.807, 2.05) is 0 Å². The number of aromatic amines is 1. The molecule has 0 unspecified atom stereocenters. The number of rotatable bonds is 4. The lowest BCUT2D eigenvalue weighted by molar-refractivity contribution is 0.413. The standard InChI is InChI=1S/C14H13N3O3S/c1-20-12-3-2-4-13(8-12)21(18,19)17-11-6-5-10-9-15-16-14(10)7-11/h2-9,17H,1H3,(H,15,16). The summed E-state index contributed by atoms with van der Waals surface area (Å²) in [7, 11) is -2.17. The van der Waals surface area contributed by atoms with E-state index in [-0.39, 0.29) is 4.90 Å². The van der Waals surface area contributed by atoms with Crippen LogP contribution in [0.3, 0.4) is 0 Å². The molecule has 1 heterocycles. The Morgan fingerprint density at radius 3 is 2.86 bits per heavy atom. The smallest absolute Gasteiger partial charge is 0.262 e. The van der Waals surface area contributed by atoms with Crippen LogP contribution in [0.2, 0.25) is 0 Å². The molecule has 2 aromatic carbocycles. The molecule has 0 aliphatic carbocycles. The van der Waals surface area contributed by atoms with Gasteiger partial charge in [0.2, 0.25) is 0 Å². The van der Waals surface area contributed by atoms with Gasteiger partial charge in [-0.2, -0.15) is 5.10 Å². The molecule has 0 aliphatic heterocycles. The Labute approximate surface area is 121 Å². The molecule has 108 valence electrons. The van der Waals surface area contributed by atoms with Gasteiger partial charge in [-0.1, -0.05) is 6.07 Å². The number of nitrogens with one attached hydrogen (secondary N) is 2. The highest BCUT2D eigenvalue weighted by atomic mass is 32.2. The van der Waals surface area contributed by atoms with Gasteiger partial charge in [-0.25, -0.2) is 8.42 Å². The van der Waals surface area contributed by atoms with E-state index in [0.717, 1.165) is 10.9 Å². The highest BCUT2D eigenvalue weighted by molar-refractivity contribution is 7.92. The van der Waals surface area contributed by atoms with Crippen molar-refractivity contribution in [3.05, 3.63) is 48.7 Å². The molecular formula is C14H13N3O3S. The molecule has 0 fully saturated rings. The molecule has 3 rings (SSSR count). The topological polar surface area (TPSA) is 84.1 Å². The number of sulfonamides is 1. The second kappa shape index (κ2) is 5.10. The van der Waals surface area contributed by atoms with Crippen molar-refractivity contribution >= 4 is 26.6 Å². The van der Waals surface area contributed by atoms with Crippen molar-refractivity contribution in [1.29, 1.82) is 0 Å². The lowest BCUT2D eigenvalue weighted by atomic mass is 10.2. The van der Waals surface area contributed by atoms with Gasteiger partial charge >= 0.3 is 0 Å². The molecule has 0 amide bonds. The maximum Gasteiger partial charge on any atom is 0.262 e. The molecular weight excluding hydrogens is 290 g/mol. The van der Waals surface area contributed by atoms with Gasteiger partial charge in [-0.3, -0.25) is 9.82 Å². The first-order chi connectivity index (χ1) is 10.1. The van der Waals surface area contributed by atoms with Crippen LogP contribution in [0.4, 0.5) is 5.69 Å². The molecule has 2 N–H and O–H groups in total. The number of fused-ring (bicyclic) bond motifs is 1. The van der Waals surface area contributed by atoms with Crippen LogP contribution in [0.25, 0.3) is 10.9 Å². The fraction of sp³-hybridized carbons (Fsp3) is 0.0714. The van der Waals surface area contributed by atoms with Gasteiger partial charge < -0.3 is 4.74 Å². The van der Waals surface area contributed by atoms with Gasteiger partial charge in [-0.05, 0) is 30.3 Å². The number of aromatic nitrogens is 2. The minimum Gasteiger partial charge on any atom is -0.497 e. The van der Waals surface area contributed by atoms with E-state index in [9.17, 15) is 8.42 Å². The zero-order chi connectivity index (χ0) is 14.9. The van der Waals surface area contributed by atoms with Crippen molar-refractivity contribution in [3.8, 4) is 5.75 Å². The van der Waals surface area contributed by atoms with E-state index < -0.39 is 10.0 Å². The molecule has 0 spiro atoms. The van der Waals surface area contributed by atoms with Crippen LogP contribution in [0, 0.1) is 0 Å². The average molecular weight is 303 g/mol. The molecule has 3 aromatic rings. The van der Waals surface area contributed by atoms with Crippen molar-refractivity contribution in [2.24, 2.45) is 0 Å². The van der Waals surface area contributed by atoms with E-state index >= 15 is 0 Å². The summed E-state index contributed by atoms with van der Waals surface area (Å²) in [5.41, 5.74) is 1.23. The number of benzene rings is 2. The van der Waals surface area contributed by atoms with E-state index in [2.05, 4.69) is 14.9 Å². The lowest BCUT2D eigenvalue weighted by Gasteiger charge is -2.09. The highest BCUT2D eigenvalue weighted by Gasteiger charge is 2.15. The van der Waals surface area contributed by atoms with Crippen molar-refractivity contribution in [1.82, 2.24) is 10.2 Å². The van der Waals surface area contributed by atoms with Crippen LogP contribution < -0.4 is 9.46 Å². The summed E-state index contributed by atoms with van der Waals surface area (Å²) in [6, 6.07) is 11.5. The summed E-state index contributed by atoms with van der Waals surface area (Å²) < 4.78 is 32.3. The van der Waals surface area contributed by atoms with E-state index in [1.165, 1.54) is 19.2 Å². The second-order valence-electron chi connectivity index (χ2n) is 4.46. The van der Waals surface area contributed by atoms with Gasteiger partial charge in [0.05, 0.1) is 29.4 Å². The molecule has 0 saturated heterocycles. The third-order valence-corrected chi connectivity index (χ3v) is 4.42. The minimum absolute atomic E-state index is 0.145. The summed E-state index contributed by atoms with van der Waals surface area (Å²) in [5, 5.41) is 7.62. The zero-order valence-corrected chi connectivity index (χ0v) is 12.0. The maximum atomic E-state index is 12.4. The quantitative estimate of drug-likeness (QED) is 0.775. The van der Waals surface area contributed by atoms with Crippen molar-refractivity contribution in [2.75, 3.05) is 11.8 Å². The largest absolute Gasteiger partial charge is 0.497 e. The Hall–Kier alpha value is -2.54. The van der Waals surface area contributed by atoms with E-state index in [0.29, 0.717) is 11.4 Å². The maximum absolute atomic E-state index is 12.4.